The topological polar surface area (TPSA) is 86.6 Å². The van der Waals surface area contributed by atoms with Gasteiger partial charge in [0, 0.05) is 30.4 Å². The van der Waals surface area contributed by atoms with Crippen molar-refractivity contribution in [1.29, 1.82) is 0 Å². The molecule has 3 aromatic rings. The van der Waals surface area contributed by atoms with Gasteiger partial charge in [-0.3, -0.25) is 9.59 Å². The lowest BCUT2D eigenvalue weighted by atomic mass is 10.0. The van der Waals surface area contributed by atoms with E-state index in [0.29, 0.717) is 30.2 Å². The van der Waals surface area contributed by atoms with Crippen molar-refractivity contribution in [3.05, 3.63) is 88.2 Å². The summed E-state index contributed by atoms with van der Waals surface area (Å²) in [6, 6.07) is 18.3. The number of amides is 1. The van der Waals surface area contributed by atoms with Crippen LogP contribution in [0.5, 0.6) is 0 Å². The quantitative estimate of drug-likeness (QED) is 0.359. The highest BCUT2D eigenvalue weighted by Gasteiger charge is 2.29. The SMILES string of the molecule is CC(C)CN(CC(=O)O)C(=O)c1cnc(N2CCC[C@@H]2Cc2ccc(Cl)cc2)nc1CCc1ccccc1. The van der Waals surface area contributed by atoms with Crippen LogP contribution < -0.4 is 4.90 Å². The van der Waals surface area contributed by atoms with Crippen molar-refractivity contribution in [3.8, 4) is 0 Å². The van der Waals surface area contributed by atoms with Gasteiger partial charge in [0.2, 0.25) is 5.95 Å². The number of rotatable bonds is 11. The fraction of sp³-hybridized carbons (Fsp3) is 0.400. The molecule has 2 heterocycles. The summed E-state index contributed by atoms with van der Waals surface area (Å²) in [5.74, 6) is -0.626. The van der Waals surface area contributed by atoms with E-state index in [9.17, 15) is 14.7 Å². The molecule has 0 unspecified atom stereocenters. The lowest BCUT2D eigenvalue weighted by Crippen LogP contribution is -2.39. The number of carboxylic acid groups (broad SMARTS) is 1. The summed E-state index contributed by atoms with van der Waals surface area (Å²) in [7, 11) is 0. The van der Waals surface area contributed by atoms with Crippen molar-refractivity contribution in [3.63, 3.8) is 0 Å². The monoisotopic (exact) mass is 534 g/mol. The van der Waals surface area contributed by atoms with Crippen LogP contribution in [0.4, 0.5) is 5.95 Å². The zero-order valence-electron chi connectivity index (χ0n) is 22.0. The Hall–Kier alpha value is -3.45. The van der Waals surface area contributed by atoms with Crippen molar-refractivity contribution in [1.82, 2.24) is 14.9 Å². The van der Waals surface area contributed by atoms with Gasteiger partial charge in [0.1, 0.15) is 6.54 Å². The third kappa shape index (κ3) is 7.32. The van der Waals surface area contributed by atoms with Crippen molar-refractivity contribution >= 4 is 29.4 Å². The molecule has 1 fully saturated rings. The molecule has 0 aliphatic carbocycles. The molecule has 1 aromatic heterocycles. The van der Waals surface area contributed by atoms with Crippen LogP contribution in [0, 0.1) is 5.92 Å². The number of aromatic nitrogens is 2. The number of carboxylic acids is 1. The van der Waals surface area contributed by atoms with Crippen LogP contribution in [0.3, 0.4) is 0 Å². The molecular formula is C30H35ClN4O3. The van der Waals surface area contributed by atoms with E-state index in [1.807, 2.05) is 44.2 Å². The van der Waals surface area contributed by atoms with E-state index in [4.69, 9.17) is 16.6 Å². The average molecular weight is 535 g/mol. The summed E-state index contributed by atoms with van der Waals surface area (Å²) in [4.78, 5) is 38.3. The first-order valence-corrected chi connectivity index (χ1v) is 13.6. The molecule has 0 radical (unpaired) electrons. The molecule has 0 spiro atoms. The van der Waals surface area contributed by atoms with Crippen LogP contribution in [0.2, 0.25) is 5.02 Å². The van der Waals surface area contributed by atoms with Gasteiger partial charge in [0.25, 0.3) is 5.91 Å². The fourth-order valence-electron chi connectivity index (χ4n) is 5.02. The predicted molar refractivity (Wildman–Crippen MR) is 150 cm³/mol. The number of aryl methyl sites for hydroxylation is 2. The van der Waals surface area contributed by atoms with Crippen LogP contribution in [0.15, 0.2) is 60.8 Å². The standard InChI is InChI=1S/C30H35ClN4O3/c1-21(2)19-34(20-28(36)37)29(38)26-18-32-30(33-27(26)15-12-22-7-4-3-5-8-22)35-16-6-9-25(35)17-23-10-13-24(31)14-11-23/h3-5,7-8,10-11,13-14,18,21,25H,6,9,12,15-17,19-20H2,1-2H3,(H,36,37)/t25-/m1/s1. The molecule has 1 amide bonds. The lowest BCUT2D eigenvalue weighted by molar-refractivity contribution is -0.137. The second-order valence-corrected chi connectivity index (χ2v) is 10.7. The van der Waals surface area contributed by atoms with Crippen molar-refractivity contribution in [2.75, 3.05) is 24.5 Å². The molecule has 1 aliphatic heterocycles. The second kappa shape index (κ2) is 12.9. The van der Waals surface area contributed by atoms with E-state index in [1.165, 1.54) is 10.5 Å². The van der Waals surface area contributed by atoms with Gasteiger partial charge in [-0.2, -0.15) is 0 Å². The Morgan fingerprint density at radius 3 is 2.50 bits per heavy atom. The summed E-state index contributed by atoms with van der Waals surface area (Å²) in [5, 5.41) is 10.1. The average Bonchev–Trinajstić information content (AvgIpc) is 3.36. The highest BCUT2D eigenvalue weighted by atomic mass is 35.5. The van der Waals surface area contributed by atoms with Gasteiger partial charge in [0.05, 0.1) is 11.3 Å². The molecule has 2 aromatic carbocycles. The number of carbonyl (C=O) groups is 2. The number of halogens is 1. The molecule has 4 rings (SSSR count). The zero-order valence-corrected chi connectivity index (χ0v) is 22.8. The van der Waals surface area contributed by atoms with Crippen molar-refractivity contribution in [2.24, 2.45) is 5.92 Å². The first kappa shape index (κ1) is 27.6. The maximum Gasteiger partial charge on any atom is 0.323 e. The van der Waals surface area contributed by atoms with E-state index >= 15 is 0 Å². The van der Waals surface area contributed by atoms with E-state index in [0.717, 1.165) is 42.8 Å². The van der Waals surface area contributed by atoms with Gasteiger partial charge < -0.3 is 14.9 Å². The summed E-state index contributed by atoms with van der Waals surface area (Å²) in [5.41, 5.74) is 3.39. The highest BCUT2D eigenvalue weighted by Crippen LogP contribution is 2.27. The third-order valence-corrected chi connectivity index (χ3v) is 7.05. The molecule has 38 heavy (non-hydrogen) atoms. The number of anilines is 1. The van der Waals surface area contributed by atoms with Crippen LogP contribution in [0.25, 0.3) is 0 Å². The van der Waals surface area contributed by atoms with Gasteiger partial charge in [-0.1, -0.05) is 67.9 Å². The van der Waals surface area contributed by atoms with Crippen LogP contribution in [-0.2, 0) is 24.1 Å². The number of nitrogens with zero attached hydrogens (tertiary/aromatic N) is 4. The van der Waals surface area contributed by atoms with Crippen LogP contribution >= 0.6 is 11.6 Å². The molecule has 0 saturated carbocycles. The maximum atomic E-state index is 13.6. The molecule has 8 heteroatoms. The Balaban J connectivity index is 1.63. The Labute approximate surface area is 229 Å². The van der Waals surface area contributed by atoms with Crippen molar-refractivity contribution in [2.45, 2.75) is 52.0 Å². The minimum absolute atomic E-state index is 0.129. The number of aliphatic carboxylic acids is 1. The van der Waals surface area contributed by atoms with E-state index in [2.05, 4.69) is 34.1 Å². The molecule has 7 nitrogen and oxygen atoms in total. The van der Waals surface area contributed by atoms with E-state index in [-0.39, 0.29) is 24.4 Å². The molecule has 1 N–H and O–H groups in total. The van der Waals surface area contributed by atoms with E-state index in [1.54, 1.807) is 6.20 Å². The summed E-state index contributed by atoms with van der Waals surface area (Å²) in [6.07, 6.45) is 5.81. The van der Waals surface area contributed by atoms with E-state index < -0.39 is 5.97 Å². The van der Waals surface area contributed by atoms with Gasteiger partial charge in [-0.25, -0.2) is 9.97 Å². The number of carbonyl (C=O) groups excluding carboxylic acids is 1. The van der Waals surface area contributed by atoms with Gasteiger partial charge in [-0.15, -0.1) is 0 Å². The Morgan fingerprint density at radius 1 is 1.08 bits per heavy atom. The highest BCUT2D eigenvalue weighted by molar-refractivity contribution is 6.30. The number of hydrogen-bond donors (Lipinski definition) is 1. The Morgan fingerprint density at radius 2 is 1.82 bits per heavy atom. The lowest BCUT2D eigenvalue weighted by Gasteiger charge is -2.27. The maximum absolute atomic E-state index is 13.6. The van der Waals surface area contributed by atoms with Crippen molar-refractivity contribution < 1.29 is 14.7 Å². The number of hydrogen-bond acceptors (Lipinski definition) is 5. The van der Waals surface area contributed by atoms with Gasteiger partial charge in [-0.05, 0) is 61.3 Å². The third-order valence-electron chi connectivity index (χ3n) is 6.80. The minimum Gasteiger partial charge on any atom is -0.480 e. The Bertz CT molecular complexity index is 1230. The predicted octanol–water partition coefficient (Wildman–Crippen LogP) is 5.31. The molecule has 1 aliphatic rings. The van der Waals surface area contributed by atoms with Gasteiger partial charge in [0.15, 0.2) is 0 Å². The molecule has 0 bridgehead atoms. The summed E-state index contributed by atoms with van der Waals surface area (Å²) >= 11 is 6.07. The summed E-state index contributed by atoms with van der Waals surface area (Å²) < 4.78 is 0. The first-order chi connectivity index (χ1) is 18.3. The molecular weight excluding hydrogens is 500 g/mol. The molecule has 200 valence electrons. The minimum atomic E-state index is -1.04. The first-order valence-electron chi connectivity index (χ1n) is 13.2. The summed E-state index contributed by atoms with van der Waals surface area (Å²) in [6.45, 7) is 4.77. The van der Waals surface area contributed by atoms with Crippen LogP contribution in [-0.4, -0.2) is 57.5 Å². The smallest absolute Gasteiger partial charge is 0.323 e. The van der Waals surface area contributed by atoms with Crippen LogP contribution in [0.1, 0.15) is 53.9 Å². The normalized spacial score (nSPS) is 15.2. The fourth-order valence-corrected chi connectivity index (χ4v) is 5.15. The molecule has 1 saturated heterocycles. The van der Waals surface area contributed by atoms with Gasteiger partial charge >= 0.3 is 5.97 Å². The largest absolute Gasteiger partial charge is 0.480 e. The molecule has 1 atom stereocenters. The zero-order chi connectivity index (χ0) is 27.1. The second-order valence-electron chi connectivity index (χ2n) is 10.3. The Kier molecular flexibility index (Phi) is 9.34. The number of benzene rings is 2.